The molecule has 0 aliphatic carbocycles. The van der Waals surface area contributed by atoms with Gasteiger partial charge in [0.05, 0.1) is 6.04 Å². The molecule has 24 heavy (non-hydrogen) atoms. The van der Waals surface area contributed by atoms with Crippen molar-refractivity contribution in [3.63, 3.8) is 0 Å². The number of aromatic nitrogens is 2. The highest BCUT2D eigenvalue weighted by Crippen LogP contribution is 2.30. The van der Waals surface area contributed by atoms with Gasteiger partial charge in [-0.15, -0.1) is 10.2 Å². The zero-order valence-electron chi connectivity index (χ0n) is 15.1. The number of rotatable bonds is 6. The van der Waals surface area contributed by atoms with E-state index in [1.165, 1.54) is 11.1 Å². The van der Waals surface area contributed by atoms with Crippen LogP contribution >= 0.6 is 0 Å². The summed E-state index contributed by atoms with van der Waals surface area (Å²) in [4.78, 5) is 2.38. The van der Waals surface area contributed by atoms with Gasteiger partial charge in [0.1, 0.15) is 12.4 Å². The molecule has 1 atom stereocenters. The van der Waals surface area contributed by atoms with Crippen LogP contribution in [0.1, 0.15) is 61.6 Å². The molecule has 3 rings (SSSR count). The van der Waals surface area contributed by atoms with Crippen LogP contribution in [0.15, 0.2) is 22.6 Å². The Balaban J connectivity index is 1.55. The Kier molecular flexibility index (Phi) is 5.19. The molecule has 2 heterocycles. The Morgan fingerprint density at radius 1 is 1.29 bits per heavy atom. The Hall–Kier alpha value is -1.88. The van der Waals surface area contributed by atoms with Crippen LogP contribution in [-0.2, 0) is 0 Å². The van der Waals surface area contributed by atoms with Crippen molar-refractivity contribution in [2.45, 2.75) is 52.5 Å². The number of hydrogen-bond acceptors (Lipinski definition) is 5. The fourth-order valence-corrected chi connectivity index (χ4v) is 3.49. The first-order chi connectivity index (χ1) is 11.5. The third kappa shape index (κ3) is 3.78. The van der Waals surface area contributed by atoms with Crippen LogP contribution in [0.5, 0.6) is 5.75 Å². The van der Waals surface area contributed by atoms with E-state index in [1.54, 1.807) is 0 Å². The van der Waals surface area contributed by atoms with Gasteiger partial charge in [-0.25, -0.2) is 0 Å². The van der Waals surface area contributed by atoms with Crippen LogP contribution in [0, 0.1) is 13.8 Å². The van der Waals surface area contributed by atoms with Gasteiger partial charge in [-0.2, -0.15) is 0 Å². The maximum Gasteiger partial charge on any atom is 0.233 e. The molecule has 0 N–H and O–H groups in total. The first-order valence-electron chi connectivity index (χ1n) is 8.82. The average molecular weight is 329 g/mol. The molecular formula is C19H27N3O2. The summed E-state index contributed by atoms with van der Waals surface area (Å²) in [5.74, 6) is 2.86. The number of ether oxygens (including phenoxy) is 1. The summed E-state index contributed by atoms with van der Waals surface area (Å²) in [5, 5.41) is 8.13. The monoisotopic (exact) mass is 329 g/mol. The molecule has 1 fully saturated rings. The first-order valence-corrected chi connectivity index (χ1v) is 8.82. The second-order valence-corrected chi connectivity index (χ2v) is 6.87. The summed E-state index contributed by atoms with van der Waals surface area (Å²) in [6.07, 6.45) is 2.23. The van der Waals surface area contributed by atoms with E-state index in [1.807, 2.05) is 6.92 Å². The van der Waals surface area contributed by atoms with Gasteiger partial charge >= 0.3 is 0 Å². The van der Waals surface area contributed by atoms with Gasteiger partial charge in [0.25, 0.3) is 0 Å². The smallest absolute Gasteiger partial charge is 0.233 e. The molecule has 0 amide bonds. The molecule has 0 saturated carbocycles. The molecule has 1 aliphatic rings. The zero-order chi connectivity index (χ0) is 17.1. The van der Waals surface area contributed by atoms with Gasteiger partial charge < -0.3 is 9.15 Å². The zero-order valence-corrected chi connectivity index (χ0v) is 15.1. The van der Waals surface area contributed by atoms with E-state index >= 15 is 0 Å². The van der Waals surface area contributed by atoms with Gasteiger partial charge in [0.2, 0.25) is 11.8 Å². The third-order valence-electron chi connectivity index (χ3n) is 4.70. The van der Waals surface area contributed by atoms with Crippen molar-refractivity contribution in [3.05, 3.63) is 41.1 Å². The topological polar surface area (TPSA) is 51.4 Å². The Bertz CT molecular complexity index is 681. The van der Waals surface area contributed by atoms with Gasteiger partial charge in [0, 0.05) is 13.5 Å². The molecule has 130 valence electrons. The molecular weight excluding hydrogens is 302 g/mol. The van der Waals surface area contributed by atoms with Gasteiger partial charge in [-0.1, -0.05) is 19.9 Å². The maximum atomic E-state index is 5.96. The Morgan fingerprint density at radius 2 is 2.12 bits per heavy atom. The second kappa shape index (κ2) is 7.34. The van der Waals surface area contributed by atoms with Crippen LogP contribution in [0.3, 0.4) is 0 Å². The standard InChI is InChI=1S/C19H27N3O2/c1-13(2)17-8-7-16(12-14(17)3)23-11-10-22-9-5-6-18(22)19-21-20-15(4)24-19/h7-8,12-13,18H,5-6,9-11H2,1-4H3/t18-/m1/s1. The van der Waals surface area contributed by atoms with Crippen molar-refractivity contribution in [1.82, 2.24) is 15.1 Å². The quantitative estimate of drug-likeness (QED) is 0.801. The van der Waals surface area contributed by atoms with Crippen molar-refractivity contribution >= 4 is 0 Å². The molecule has 0 spiro atoms. The van der Waals surface area contributed by atoms with Crippen LogP contribution in [0.4, 0.5) is 0 Å². The predicted molar refractivity (Wildman–Crippen MR) is 93.3 cm³/mol. The largest absolute Gasteiger partial charge is 0.492 e. The third-order valence-corrected chi connectivity index (χ3v) is 4.70. The molecule has 1 aliphatic heterocycles. The molecule has 1 saturated heterocycles. The van der Waals surface area contributed by atoms with E-state index in [0.29, 0.717) is 18.4 Å². The average Bonchev–Trinajstić information content (AvgIpc) is 3.15. The Labute approximate surface area is 144 Å². The number of nitrogens with zero attached hydrogens (tertiary/aromatic N) is 3. The van der Waals surface area contributed by atoms with Crippen LogP contribution in [0.25, 0.3) is 0 Å². The highest BCUT2D eigenvalue weighted by Gasteiger charge is 2.29. The summed E-state index contributed by atoms with van der Waals surface area (Å²) in [7, 11) is 0. The number of likely N-dealkylation sites (tertiary alicyclic amines) is 1. The SMILES string of the molecule is Cc1nnc([C@H]2CCCN2CCOc2ccc(C(C)C)c(C)c2)o1. The minimum absolute atomic E-state index is 0.236. The second-order valence-electron chi connectivity index (χ2n) is 6.87. The summed E-state index contributed by atoms with van der Waals surface area (Å²) < 4.78 is 11.6. The van der Waals surface area contributed by atoms with Gasteiger partial charge in [-0.3, -0.25) is 4.90 Å². The number of aryl methyl sites for hydroxylation is 2. The van der Waals surface area contributed by atoms with E-state index in [0.717, 1.165) is 37.6 Å². The molecule has 5 nitrogen and oxygen atoms in total. The van der Waals surface area contributed by atoms with E-state index in [9.17, 15) is 0 Å². The fraction of sp³-hybridized carbons (Fsp3) is 0.579. The predicted octanol–water partition coefficient (Wildman–Crippen LogP) is 4.03. The minimum Gasteiger partial charge on any atom is -0.492 e. The lowest BCUT2D eigenvalue weighted by Crippen LogP contribution is -2.28. The van der Waals surface area contributed by atoms with Crippen molar-refractivity contribution in [2.24, 2.45) is 0 Å². The molecule has 0 unspecified atom stereocenters. The molecule has 1 aromatic carbocycles. The molecule has 2 aromatic rings. The minimum atomic E-state index is 0.236. The van der Waals surface area contributed by atoms with E-state index < -0.39 is 0 Å². The number of hydrogen-bond donors (Lipinski definition) is 0. The number of benzene rings is 1. The highest BCUT2D eigenvalue weighted by molar-refractivity contribution is 5.36. The highest BCUT2D eigenvalue weighted by atomic mass is 16.5. The van der Waals surface area contributed by atoms with Gasteiger partial charge in [0.15, 0.2) is 0 Å². The summed E-state index contributed by atoms with van der Waals surface area (Å²) in [6.45, 7) is 11.0. The van der Waals surface area contributed by atoms with Crippen LogP contribution < -0.4 is 4.74 Å². The molecule has 5 heteroatoms. The van der Waals surface area contributed by atoms with Crippen LogP contribution in [0.2, 0.25) is 0 Å². The molecule has 1 aromatic heterocycles. The van der Waals surface area contributed by atoms with Crippen molar-refractivity contribution in [2.75, 3.05) is 19.7 Å². The summed E-state index contributed by atoms with van der Waals surface area (Å²) in [5.41, 5.74) is 2.68. The van der Waals surface area contributed by atoms with E-state index in [2.05, 4.69) is 54.1 Å². The fourth-order valence-electron chi connectivity index (χ4n) is 3.49. The molecule has 0 radical (unpaired) electrons. The lowest BCUT2D eigenvalue weighted by atomic mass is 9.98. The lowest BCUT2D eigenvalue weighted by molar-refractivity contribution is 0.178. The van der Waals surface area contributed by atoms with Crippen molar-refractivity contribution in [3.8, 4) is 5.75 Å². The van der Waals surface area contributed by atoms with Crippen molar-refractivity contribution < 1.29 is 9.15 Å². The summed E-state index contributed by atoms with van der Waals surface area (Å²) >= 11 is 0. The normalized spacial score (nSPS) is 18.5. The first kappa shape index (κ1) is 17.0. The van der Waals surface area contributed by atoms with E-state index in [4.69, 9.17) is 9.15 Å². The maximum absolute atomic E-state index is 5.96. The van der Waals surface area contributed by atoms with Crippen LogP contribution in [-0.4, -0.2) is 34.8 Å². The molecule has 0 bridgehead atoms. The van der Waals surface area contributed by atoms with Crippen molar-refractivity contribution in [1.29, 1.82) is 0 Å². The lowest BCUT2D eigenvalue weighted by Gasteiger charge is -2.21. The Morgan fingerprint density at radius 3 is 2.79 bits per heavy atom. The summed E-state index contributed by atoms with van der Waals surface area (Å²) in [6, 6.07) is 6.62. The van der Waals surface area contributed by atoms with E-state index in [-0.39, 0.29) is 6.04 Å². The van der Waals surface area contributed by atoms with Gasteiger partial charge in [-0.05, 0) is 55.5 Å².